The van der Waals surface area contributed by atoms with E-state index in [2.05, 4.69) is 0 Å². The van der Waals surface area contributed by atoms with Gasteiger partial charge >= 0.3 is 0 Å². The molecule has 6 nitrogen and oxygen atoms in total. The highest BCUT2D eigenvalue weighted by molar-refractivity contribution is 6.09. The molecule has 0 spiro atoms. The molecule has 0 radical (unpaired) electrons. The van der Waals surface area contributed by atoms with Crippen molar-refractivity contribution >= 4 is 22.7 Å². The number of fused-ring (bicyclic) bond motifs is 2. The molecule has 2 aliphatic heterocycles. The van der Waals surface area contributed by atoms with Gasteiger partial charge < -0.3 is 19.1 Å². The summed E-state index contributed by atoms with van der Waals surface area (Å²) in [4.78, 5) is 29.5. The summed E-state index contributed by atoms with van der Waals surface area (Å²) in [5.41, 5.74) is 2.68. The minimum absolute atomic E-state index is 0.0196. The van der Waals surface area contributed by atoms with E-state index >= 15 is 0 Å². The number of aromatic nitrogens is 1. The monoisotopic (exact) mass is 355 g/mol. The molecule has 2 aromatic rings. The first-order chi connectivity index (χ1) is 12.4. The normalized spacial score (nSPS) is 22.8. The van der Waals surface area contributed by atoms with E-state index in [0.29, 0.717) is 13.1 Å². The van der Waals surface area contributed by atoms with Crippen LogP contribution >= 0.6 is 0 Å². The third kappa shape index (κ3) is 2.39. The molecule has 2 amide bonds. The second kappa shape index (κ2) is 6.04. The Bertz CT molecular complexity index is 901. The lowest BCUT2D eigenvalue weighted by Crippen LogP contribution is -2.42. The number of ether oxygens (including phenoxy) is 1. The molecule has 2 saturated heterocycles. The van der Waals surface area contributed by atoms with Gasteiger partial charge in [-0.2, -0.15) is 0 Å². The van der Waals surface area contributed by atoms with Crippen LogP contribution in [0.5, 0.6) is 5.75 Å². The Labute approximate surface area is 153 Å². The van der Waals surface area contributed by atoms with Gasteiger partial charge in [-0.05, 0) is 37.5 Å². The number of aryl methyl sites for hydroxylation is 1. The standard InChI is InChI=1S/C20H25N3O3/c1-12-18(15-9-14(26-4)5-6-17(15)22(12)3)20(25)23-10-13-7-8-21(2)19(24)16(13)11-23/h5-6,9,13,16H,7-8,10-11H2,1-4H3/t13-,16+/m1/s1. The summed E-state index contributed by atoms with van der Waals surface area (Å²) < 4.78 is 7.40. The quantitative estimate of drug-likeness (QED) is 0.828. The lowest BCUT2D eigenvalue weighted by molar-refractivity contribution is -0.137. The molecule has 138 valence electrons. The molecule has 0 N–H and O–H groups in total. The van der Waals surface area contributed by atoms with E-state index in [1.807, 2.05) is 48.7 Å². The van der Waals surface area contributed by atoms with Crippen molar-refractivity contribution in [3.05, 3.63) is 29.5 Å². The fourth-order valence-corrected chi connectivity index (χ4v) is 4.47. The van der Waals surface area contributed by atoms with Gasteiger partial charge in [-0.1, -0.05) is 0 Å². The largest absolute Gasteiger partial charge is 0.497 e. The second-order valence-electron chi connectivity index (χ2n) is 7.53. The van der Waals surface area contributed by atoms with Crippen LogP contribution in [0.25, 0.3) is 10.9 Å². The molecule has 3 heterocycles. The predicted octanol–water partition coefficient (Wildman–Crippen LogP) is 2.05. The number of hydrogen-bond donors (Lipinski definition) is 0. The van der Waals surface area contributed by atoms with Crippen LogP contribution in [0, 0.1) is 18.8 Å². The minimum Gasteiger partial charge on any atom is -0.497 e. The lowest BCUT2D eigenvalue weighted by atomic mass is 9.88. The Morgan fingerprint density at radius 1 is 1.23 bits per heavy atom. The van der Waals surface area contributed by atoms with Gasteiger partial charge in [-0.25, -0.2) is 0 Å². The number of likely N-dealkylation sites (tertiary alicyclic amines) is 2. The highest BCUT2D eigenvalue weighted by Gasteiger charge is 2.43. The number of methoxy groups -OCH3 is 1. The van der Waals surface area contributed by atoms with Gasteiger partial charge in [0.2, 0.25) is 5.91 Å². The second-order valence-corrected chi connectivity index (χ2v) is 7.53. The van der Waals surface area contributed by atoms with Crippen molar-refractivity contribution in [1.82, 2.24) is 14.4 Å². The van der Waals surface area contributed by atoms with Crippen molar-refractivity contribution in [2.24, 2.45) is 18.9 Å². The number of carbonyl (C=O) groups is 2. The molecule has 1 aromatic heterocycles. The summed E-state index contributed by atoms with van der Waals surface area (Å²) >= 11 is 0. The van der Waals surface area contributed by atoms with E-state index in [4.69, 9.17) is 4.74 Å². The Kier molecular flexibility index (Phi) is 3.93. The number of hydrogen-bond acceptors (Lipinski definition) is 3. The van der Waals surface area contributed by atoms with Crippen molar-refractivity contribution in [2.45, 2.75) is 13.3 Å². The van der Waals surface area contributed by atoms with Crippen LogP contribution in [0.4, 0.5) is 0 Å². The summed E-state index contributed by atoms with van der Waals surface area (Å²) in [6.45, 7) is 3.95. The molecular weight excluding hydrogens is 330 g/mol. The smallest absolute Gasteiger partial charge is 0.256 e. The molecule has 2 atom stereocenters. The molecule has 2 fully saturated rings. The number of rotatable bonds is 2. The first-order valence-corrected chi connectivity index (χ1v) is 9.09. The van der Waals surface area contributed by atoms with Gasteiger partial charge in [0.15, 0.2) is 0 Å². The van der Waals surface area contributed by atoms with Crippen LogP contribution in [0.15, 0.2) is 18.2 Å². The maximum absolute atomic E-state index is 13.4. The number of piperidine rings is 1. The van der Waals surface area contributed by atoms with Gasteiger partial charge in [0.05, 0.1) is 18.6 Å². The Hall–Kier alpha value is -2.50. The molecule has 0 saturated carbocycles. The average molecular weight is 355 g/mol. The van der Waals surface area contributed by atoms with E-state index < -0.39 is 0 Å². The topological polar surface area (TPSA) is 54.8 Å². The molecule has 0 unspecified atom stereocenters. The Morgan fingerprint density at radius 2 is 2.00 bits per heavy atom. The maximum atomic E-state index is 13.4. The van der Waals surface area contributed by atoms with Crippen LogP contribution in [0.1, 0.15) is 22.5 Å². The minimum atomic E-state index is -0.0532. The summed E-state index contributed by atoms with van der Waals surface area (Å²) in [7, 11) is 5.46. The number of nitrogens with zero attached hydrogens (tertiary/aromatic N) is 3. The fourth-order valence-electron chi connectivity index (χ4n) is 4.47. The molecule has 6 heteroatoms. The van der Waals surface area contributed by atoms with Crippen LogP contribution < -0.4 is 4.74 Å². The lowest BCUT2D eigenvalue weighted by Gasteiger charge is -2.30. The van der Waals surface area contributed by atoms with Gasteiger partial charge in [-0.15, -0.1) is 0 Å². The zero-order valence-electron chi connectivity index (χ0n) is 15.8. The zero-order valence-corrected chi connectivity index (χ0v) is 15.8. The molecule has 0 bridgehead atoms. The highest BCUT2D eigenvalue weighted by atomic mass is 16.5. The van der Waals surface area contributed by atoms with Crippen molar-refractivity contribution in [3.63, 3.8) is 0 Å². The van der Waals surface area contributed by atoms with Crippen molar-refractivity contribution < 1.29 is 14.3 Å². The SMILES string of the molecule is COc1ccc2c(c1)c(C(=O)N1C[C@H]3CCN(C)C(=O)[C@H]3C1)c(C)n2C. The first-order valence-electron chi connectivity index (χ1n) is 9.09. The predicted molar refractivity (Wildman–Crippen MR) is 99.3 cm³/mol. The maximum Gasteiger partial charge on any atom is 0.256 e. The first kappa shape index (κ1) is 16.9. The third-order valence-electron chi connectivity index (χ3n) is 6.17. The molecule has 2 aliphatic rings. The third-order valence-corrected chi connectivity index (χ3v) is 6.17. The van der Waals surface area contributed by atoms with Crippen LogP contribution in [-0.4, -0.2) is 60.0 Å². The van der Waals surface area contributed by atoms with Crippen LogP contribution in [-0.2, 0) is 11.8 Å². The number of carbonyl (C=O) groups excluding carboxylic acids is 2. The zero-order chi connectivity index (χ0) is 18.6. The Balaban J connectivity index is 1.71. The van der Waals surface area contributed by atoms with Crippen LogP contribution in [0.3, 0.4) is 0 Å². The summed E-state index contributed by atoms with van der Waals surface area (Å²) in [6, 6.07) is 5.83. The average Bonchev–Trinajstić information content (AvgIpc) is 3.18. The highest BCUT2D eigenvalue weighted by Crippen LogP contribution is 2.35. The summed E-state index contributed by atoms with van der Waals surface area (Å²) in [6.07, 6.45) is 0.971. The number of benzene rings is 1. The Morgan fingerprint density at radius 3 is 2.73 bits per heavy atom. The van der Waals surface area contributed by atoms with Gasteiger partial charge in [0, 0.05) is 50.3 Å². The molecule has 4 rings (SSSR count). The van der Waals surface area contributed by atoms with Gasteiger partial charge in [-0.3, -0.25) is 9.59 Å². The molecular formula is C20H25N3O3. The molecule has 0 aliphatic carbocycles. The van der Waals surface area contributed by atoms with Crippen LogP contribution in [0.2, 0.25) is 0 Å². The van der Waals surface area contributed by atoms with Crippen molar-refractivity contribution in [3.8, 4) is 5.75 Å². The van der Waals surface area contributed by atoms with Gasteiger partial charge in [0.25, 0.3) is 5.91 Å². The molecule has 26 heavy (non-hydrogen) atoms. The van der Waals surface area contributed by atoms with E-state index in [1.54, 1.807) is 12.0 Å². The van der Waals surface area contributed by atoms with E-state index in [1.165, 1.54) is 0 Å². The van der Waals surface area contributed by atoms with Crippen molar-refractivity contribution in [1.29, 1.82) is 0 Å². The van der Waals surface area contributed by atoms with E-state index in [9.17, 15) is 9.59 Å². The molecule has 1 aromatic carbocycles. The van der Waals surface area contributed by atoms with E-state index in [0.717, 1.165) is 40.9 Å². The number of amides is 2. The fraction of sp³-hybridized carbons (Fsp3) is 0.500. The summed E-state index contributed by atoms with van der Waals surface area (Å²) in [5.74, 6) is 1.16. The van der Waals surface area contributed by atoms with Gasteiger partial charge in [0.1, 0.15) is 5.75 Å². The summed E-state index contributed by atoms with van der Waals surface area (Å²) in [5, 5.41) is 0.910. The van der Waals surface area contributed by atoms with Crippen molar-refractivity contribution in [2.75, 3.05) is 33.8 Å². The van der Waals surface area contributed by atoms with E-state index in [-0.39, 0.29) is 23.7 Å².